The number of rotatable bonds is 3. The number of pyridine rings is 1. The van der Waals surface area contributed by atoms with Crippen LogP contribution in [0.2, 0.25) is 0 Å². The molecule has 0 aliphatic rings. The van der Waals surface area contributed by atoms with Crippen LogP contribution in [0, 0.1) is 6.92 Å². The molecule has 0 aliphatic heterocycles. The number of aromatic amines is 2. The monoisotopic (exact) mass is 410 g/mol. The molecule has 5 heterocycles. The standard InChI is InChI=1S/C23H18N6S/c1-13-6-9-21(30-13)15-4-3-5-18-16(15)10-20(25-18)23-22-19(27-28-23)8-7-17(26-22)14-11-24-29(2)12-14/h3-12,25H,1-2H3,(H,27,28). The maximum absolute atomic E-state index is 4.88. The van der Waals surface area contributed by atoms with E-state index >= 15 is 0 Å². The lowest BCUT2D eigenvalue weighted by atomic mass is 10.1. The van der Waals surface area contributed by atoms with Crippen molar-refractivity contribution >= 4 is 33.3 Å². The fourth-order valence-electron chi connectivity index (χ4n) is 3.88. The summed E-state index contributed by atoms with van der Waals surface area (Å²) in [6.07, 6.45) is 3.79. The van der Waals surface area contributed by atoms with Crippen LogP contribution >= 0.6 is 11.3 Å². The van der Waals surface area contributed by atoms with Gasteiger partial charge in [-0.05, 0) is 43.3 Å². The first-order valence-corrected chi connectivity index (χ1v) is 10.5. The van der Waals surface area contributed by atoms with Gasteiger partial charge in [-0.15, -0.1) is 11.3 Å². The Morgan fingerprint density at radius 3 is 2.77 bits per heavy atom. The third-order valence-electron chi connectivity index (χ3n) is 5.33. The van der Waals surface area contributed by atoms with E-state index in [1.165, 1.54) is 20.7 Å². The molecule has 0 atom stereocenters. The molecule has 0 amide bonds. The fraction of sp³-hybridized carbons (Fsp3) is 0.0870. The zero-order valence-electron chi connectivity index (χ0n) is 16.5. The van der Waals surface area contributed by atoms with Gasteiger partial charge in [0.2, 0.25) is 0 Å². The molecule has 0 radical (unpaired) electrons. The number of aromatic nitrogens is 6. The zero-order chi connectivity index (χ0) is 20.2. The number of nitrogens with one attached hydrogen (secondary N) is 2. The Morgan fingerprint density at radius 2 is 1.97 bits per heavy atom. The molecule has 0 unspecified atom stereocenters. The number of thiophene rings is 1. The van der Waals surface area contributed by atoms with Crippen LogP contribution in [-0.2, 0) is 7.05 Å². The van der Waals surface area contributed by atoms with E-state index in [-0.39, 0.29) is 0 Å². The lowest BCUT2D eigenvalue weighted by Gasteiger charge is -1.99. The summed E-state index contributed by atoms with van der Waals surface area (Å²) in [4.78, 5) is 11.0. The van der Waals surface area contributed by atoms with Gasteiger partial charge in [0, 0.05) is 45.0 Å². The summed E-state index contributed by atoms with van der Waals surface area (Å²) in [7, 11) is 1.91. The molecule has 6 rings (SSSR count). The Kier molecular flexibility index (Phi) is 3.66. The highest BCUT2D eigenvalue weighted by atomic mass is 32.1. The van der Waals surface area contributed by atoms with Gasteiger partial charge in [-0.2, -0.15) is 10.2 Å². The zero-order valence-corrected chi connectivity index (χ0v) is 17.3. The molecule has 0 spiro atoms. The first kappa shape index (κ1) is 17.2. The van der Waals surface area contributed by atoms with E-state index in [0.717, 1.165) is 39.2 Å². The Balaban J connectivity index is 1.52. The average Bonchev–Trinajstić information content (AvgIpc) is 3.52. The molecule has 7 heteroatoms. The van der Waals surface area contributed by atoms with Gasteiger partial charge in [0.1, 0.15) is 11.2 Å². The number of fused-ring (bicyclic) bond motifs is 2. The molecule has 0 saturated carbocycles. The Morgan fingerprint density at radius 1 is 1.03 bits per heavy atom. The smallest absolute Gasteiger partial charge is 0.135 e. The molecular formula is C23H18N6S. The fourth-order valence-corrected chi connectivity index (χ4v) is 4.78. The minimum absolute atomic E-state index is 0.820. The van der Waals surface area contributed by atoms with Crippen molar-refractivity contribution in [3.63, 3.8) is 0 Å². The van der Waals surface area contributed by atoms with Crippen molar-refractivity contribution in [3.8, 4) is 33.1 Å². The predicted octanol–water partition coefficient (Wildman–Crippen LogP) is 5.54. The highest BCUT2D eigenvalue weighted by Crippen LogP contribution is 2.36. The van der Waals surface area contributed by atoms with Gasteiger partial charge in [-0.1, -0.05) is 12.1 Å². The third kappa shape index (κ3) is 2.67. The minimum atomic E-state index is 0.820. The number of H-pyrrole nitrogens is 2. The molecule has 30 heavy (non-hydrogen) atoms. The van der Waals surface area contributed by atoms with Gasteiger partial charge in [-0.3, -0.25) is 9.78 Å². The van der Waals surface area contributed by atoms with Crippen LogP contribution in [0.5, 0.6) is 0 Å². The van der Waals surface area contributed by atoms with E-state index in [4.69, 9.17) is 4.98 Å². The summed E-state index contributed by atoms with van der Waals surface area (Å²) in [5.74, 6) is 0. The molecule has 2 N–H and O–H groups in total. The lowest BCUT2D eigenvalue weighted by Crippen LogP contribution is -1.86. The number of hydrogen-bond acceptors (Lipinski definition) is 4. The van der Waals surface area contributed by atoms with Crippen LogP contribution in [0.25, 0.3) is 55.0 Å². The van der Waals surface area contributed by atoms with Gasteiger partial charge < -0.3 is 4.98 Å². The topological polar surface area (TPSA) is 75.2 Å². The van der Waals surface area contributed by atoms with Gasteiger partial charge in [-0.25, -0.2) is 4.98 Å². The Labute approximate surface area is 176 Å². The summed E-state index contributed by atoms with van der Waals surface area (Å²) in [5, 5.41) is 13.1. The second kappa shape index (κ2) is 6.40. The number of nitrogens with zero attached hydrogens (tertiary/aromatic N) is 4. The number of aryl methyl sites for hydroxylation is 2. The molecule has 0 aliphatic carbocycles. The van der Waals surface area contributed by atoms with Crippen molar-refractivity contribution < 1.29 is 0 Å². The van der Waals surface area contributed by atoms with Crippen LogP contribution in [-0.4, -0.2) is 29.9 Å². The van der Waals surface area contributed by atoms with Gasteiger partial charge in [0.05, 0.1) is 23.1 Å². The van der Waals surface area contributed by atoms with E-state index in [9.17, 15) is 0 Å². The van der Waals surface area contributed by atoms with Gasteiger partial charge >= 0.3 is 0 Å². The molecule has 6 aromatic rings. The third-order valence-corrected chi connectivity index (χ3v) is 6.37. The molecule has 0 bridgehead atoms. The van der Waals surface area contributed by atoms with Crippen molar-refractivity contribution in [2.45, 2.75) is 6.92 Å². The van der Waals surface area contributed by atoms with Crippen LogP contribution in [0.3, 0.4) is 0 Å². The summed E-state index contributed by atoms with van der Waals surface area (Å²) >= 11 is 1.81. The second-order valence-electron chi connectivity index (χ2n) is 7.43. The van der Waals surface area contributed by atoms with E-state index in [2.05, 4.69) is 63.6 Å². The van der Waals surface area contributed by atoms with E-state index in [0.29, 0.717) is 0 Å². The molecule has 1 aromatic carbocycles. The van der Waals surface area contributed by atoms with Crippen molar-refractivity contribution in [2.24, 2.45) is 7.05 Å². The summed E-state index contributed by atoms with van der Waals surface area (Å²) in [6, 6.07) is 16.9. The number of benzene rings is 1. The van der Waals surface area contributed by atoms with Gasteiger partial charge in [0.25, 0.3) is 0 Å². The SMILES string of the molecule is Cc1ccc(-c2cccc3[nH]c(-c4n[nH]c5ccc(-c6cnn(C)c6)nc45)cc23)s1. The van der Waals surface area contributed by atoms with Crippen LogP contribution in [0.15, 0.2) is 60.9 Å². The molecule has 6 nitrogen and oxygen atoms in total. The maximum atomic E-state index is 4.88. The first-order chi connectivity index (χ1) is 14.7. The van der Waals surface area contributed by atoms with E-state index in [1.54, 1.807) is 4.68 Å². The minimum Gasteiger partial charge on any atom is -0.353 e. The normalized spacial score (nSPS) is 11.7. The highest BCUT2D eigenvalue weighted by Gasteiger charge is 2.16. The molecule has 0 saturated heterocycles. The molecule has 5 aromatic heterocycles. The first-order valence-electron chi connectivity index (χ1n) is 9.69. The van der Waals surface area contributed by atoms with Crippen LogP contribution in [0.1, 0.15) is 4.88 Å². The van der Waals surface area contributed by atoms with Crippen LogP contribution in [0.4, 0.5) is 0 Å². The van der Waals surface area contributed by atoms with E-state index in [1.807, 2.05) is 42.9 Å². The Hall–Kier alpha value is -3.71. The van der Waals surface area contributed by atoms with Crippen molar-refractivity contribution in [3.05, 3.63) is 65.8 Å². The number of hydrogen-bond donors (Lipinski definition) is 2. The van der Waals surface area contributed by atoms with Gasteiger partial charge in [0.15, 0.2) is 0 Å². The summed E-state index contributed by atoms with van der Waals surface area (Å²) in [5.41, 5.74) is 7.71. The quantitative estimate of drug-likeness (QED) is 0.402. The van der Waals surface area contributed by atoms with E-state index < -0.39 is 0 Å². The Bertz CT molecular complexity index is 1530. The molecule has 146 valence electrons. The predicted molar refractivity (Wildman–Crippen MR) is 121 cm³/mol. The molecule has 0 fully saturated rings. The summed E-state index contributed by atoms with van der Waals surface area (Å²) in [6.45, 7) is 2.14. The second-order valence-corrected chi connectivity index (χ2v) is 8.72. The van der Waals surface area contributed by atoms with Crippen molar-refractivity contribution in [1.82, 2.24) is 29.9 Å². The highest BCUT2D eigenvalue weighted by molar-refractivity contribution is 7.15. The lowest BCUT2D eigenvalue weighted by molar-refractivity contribution is 0.768. The maximum Gasteiger partial charge on any atom is 0.135 e. The van der Waals surface area contributed by atoms with Crippen LogP contribution < -0.4 is 0 Å². The summed E-state index contributed by atoms with van der Waals surface area (Å²) < 4.78 is 1.78. The largest absolute Gasteiger partial charge is 0.353 e. The van der Waals surface area contributed by atoms with Crippen molar-refractivity contribution in [2.75, 3.05) is 0 Å². The van der Waals surface area contributed by atoms with Crippen molar-refractivity contribution in [1.29, 1.82) is 0 Å². The molecular weight excluding hydrogens is 392 g/mol. The average molecular weight is 411 g/mol.